The van der Waals surface area contributed by atoms with E-state index in [1.807, 2.05) is 11.3 Å². The summed E-state index contributed by atoms with van der Waals surface area (Å²) < 4.78 is 0. The molecule has 3 atom stereocenters. The average molecular weight is 366 g/mol. The highest BCUT2D eigenvalue weighted by Gasteiger charge is 2.32. The standard InChI is InChI=1S/C22H24N2OS/c1-16(18-10-4-8-17-7-2-3-9-19(17)18)23-22(25)15-24-13-5-11-20(24)21-12-6-14-26-21/h2-4,6-10,12,14,16,20H,5,11,13,15H2,1H3,(H,23,25)/p+1/t16-,20+/m0/s1. The number of quaternary nitrogens is 1. The number of carbonyl (C=O) groups excluding carboxylic acids is 1. The molecule has 0 saturated carbocycles. The van der Waals surface area contributed by atoms with Crippen LogP contribution in [0.4, 0.5) is 0 Å². The van der Waals surface area contributed by atoms with Gasteiger partial charge in [0.15, 0.2) is 6.54 Å². The number of benzene rings is 2. The van der Waals surface area contributed by atoms with Crippen molar-refractivity contribution in [3.05, 3.63) is 70.4 Å². The molecule has 3 aromatic rings. The number of amides is 1. The van der Waals surface area contributed by atoms with Gasteiger partial charge in [-0.15, -0.1) is 11.3 Å². The highest BCUT2D eigenvalue weighted by atomic mass is 32.1. The fourth-order valence-electron chi connectivity index (χ4n) is 4.16. The first-order valence-electron chi connectivity index (χ1n) is 9.37. The maximum absolute atomic E-state index is 12.7. The molecule has 2 aromatic carbocycles. The van der Waals surface area contributed by atoms with Crippen LogP contribution in [0, 0.1) is 0 Å². The van der Waals surface area contributed by atoms with Crippen molar-refractivity contribution in [2.45, 2.75) is 31.8 Å². The molecule has 1 fully saturated rings. The number of fused-ring (bicyclic) bond motifs is 1. The van der Waals surface area contributed by atoms with E-state index in [2.05, 4.69) is 72.2 Å². The van der Waals surface area contributed by atoms with Crippen molar-refractivity contribution in [2.24, 2.45) is 0 Å². The van der Waals surface area contributed by atoms with E-state index >= 15 is 0 Å². The first kappa shape index (κ1) is 17.3. The maximum Gasteiger partial charge on any atom is 0.275 e. The maximum atomic E-state index is 12.7. The zero-order valence-corrected chi connectivity index (χ0v) is 15.9. The van der Waals surface area contributed by atoms with E-state index < -0.39 is 0 Å². The molecule has 0 spiro atoms. The molecular weight excluding hydrogens is 340 g/mol. The van der Waals surface area contributed by atoms with Crippen molar-refractivity contribution in [3.8, 4) is 0 Å². The van der Waals surface area contributed by atoms with Crippen LogP contribution in [-0.4, -0.2) is 19.0 Å². The van der Waals surface area contributed by atoms with Gasteiger partial charge in [-0.05, 0) is 34.7 Å². The largest absolute Gasteiger partial charge is 0.345 e. The molecule has 1 unspecified atom stereocenters. The molecule has 2 heterocycles. The third-order valence-corrected chi connectivity index (χ3v) is 6.41. The number of hydrogen-bond acceptors (Lipinski definition) is 2. The van der Waals surface area contributed by atoms with E-state index in [9.17, 15) is 4.79 Å². The average Bonchev–Trinajstić information content (AvgIpc) is 3.32. The SMILES string of the molecule is C[C@H](NC(=O)C[NH+]1CCC[C@@H]1c1cccs1)c1cccc2ccccc12. The van der Waals surface area contributed by atoms with Crippen LogP contribution in [-0.2, 0) is 4.79 Å². The first-order chi connectivity index (χ1) is 12.7. The Morgan fingerprint density at radius 1 is 1.19 bits per heavy atom. The molecule has 2 N–H and O–H groups in total. The molecule has 1 saturated heterocycles. The lowest BCUT2D eigenvalue weighted by molar-refractivity contribution is -0.910. The Morgan fingerprint density at radius 3 is 2.88 bits per heavy atom. The monoisotopic (exact) mass is 365 g/mol. The summed E-state index contributed by atoms with van der Waals surface area (Å²) in [7, 11) is 0. The number of carbonyl (C=O) groups is 1. The summed E-state index contributed by atoms with van der Waals surface area (Å²) in [6.07, 6.45) is 2.38. The Bertz CT molecular complexity index is 885. The summed E-state index contributed by atoms with van der Waals surface area (Å²) >= 11 is 1.81. The number of nitrogens with one attached hydrogen (secondary N) is 2. The zero-order valence-electron chi connectivity index (χ0n) is 15.1. The van der Waals surface area contributed by atoms with Crippen molar-refractivity contribution < 1.29 is 9.69 Å². The molecule has 1 aromatic heterocycles. The number of likely N-dealkylation sites (tertiary alicyclic amines) is 1. The summed E-state index contributed by atoms with van der Waals surface area (Å²) in [5, 5.41) is 7.79. The normalized spacial score (nSPS) is 21.0. The number of thiophene rings is 1. The Morgan fingerprint density at radius 2 is 2.04 bits per heavy atom. The minimum atomic E-state index is 0.00999. The fourth-order valence-corrected chi connectivity index (χ4v) is 5.08. The predicted octanol–water partition coefficient (Wildman–Crippen LogP) is 3.50. The summed E-state index contributed by atoms with van der Waals surface area (Å²) in [5.41, 5.74) is 1.18. The van der Waals surface area contributed by atoms with Gasteiger partial charge in [0.25, 0.3) is 5.91 Å². The number of rotatable bonds is 5. The van der Waals surface area contributed by atoms with Crippen LogP contribution in [0.15, 0.2) is 60.0 Å². The molecule has 4 rings (SSSR count). The van der Waals surface area contributed by atoms with Gasteiger partial charge in [-0.2, -0.15) is 0 Å². The van der Waals surface area contributed by atoms with Gasteiger partial charge in [-0.25, -0.2) is 0 Å². The first-order valence-corrected chi connectivity index (χ1v) is 10.3. The van der Waals surface area contributed by atoms with Gasteiger partial charge in [0.2, 0.25) is 0 Å². The molecule has 1 amide bonds. The molecule has 3 nitrogen and oxygen atoms in total. The number of hydrogen-bond donors (Lipinski definition) is 2. The van der Waals surface area contributed by atoms with Crippen LogP contribution in [0.1, 0.15) is 42.3 Å². The smallest absolute Gasteiger partial charge is 0.275 e. The Hall–Kier alpha value is -2.17. The van der Waals surface area contributed by atoms with Crippen LogP contribution in [0.3, 0.4) is 0 Å². The lowest BCUT2D eigenvalue weighted by Gasteiger charge is -2.22. The van der Waals surface area contributed by atoms with E-state index in [0.717, 1.165) is 6.54 Å². The van der Waals surface area contributed by atoms with Crippen LogP contribution in [0.25, 0.3) is 10.8 Å². The Balaban J connectivity index is 1.44. The van der Waals surface area contributed by atoms with Gasteiger partial charge in [-0.3, -0.25) is 4.79 Å². The molecule has 1 aliphatic heterocycles. The van der Waals surface area contributed by atoms with Gasteiger partial charge >= 0.3 is 0 Å². The van der Waals surface area contributed by atoms with Crippen LogP contribution < -0.4 is 10.2 Å². The third kappa shape index (κ3) is 3.53. The summed E-state index contributed by atoms with van der Waals surface area (Å²) in [5.74, 6) is 0.142. The molecule has 0 aliphatic carbocycles. The van der Waals surface area contributed by atoms with Gasteiger partial charge < -0.3 is 10.2 Å². The van der Waals surface area contributed by atoms with Crippen LogP contribution in [0.5, 0.6) is 0 Å². The van der Waals surface area contributed by atoms with Crippen molar-refractivity contribution in [3.63, 3.8) is 0 Å². The second-order valence-electron chi connectivity index (χ2n) is 7.15. The van der Waals surface area contributed by atoms with Crippen molar-refractivity contribution in [1.82, 2.24) is 5.32 Å². The van der Waals surface area contributed by atoms with Crippen LogP contribution >= 0.6 is 11.3 Å². The fraction of sp³-hybridized carbons (Fsp3) is 0.318. The van der Waals surface area contributed by atoms with Gasteiger partial charge in [0, 0.05) is 12.8 Å². The molecule has 4 heteroatoms. The highest BCUT2D eigenvalue weighted by Crippen LogP contribution is 2.25. The van der Waals surface area contributed by atoms with E-state index in [0.29, 0.717) is 12.6 Å². The highest BCUT2D eigenvalue weighted by molar-refractivity contribution is 7.10. The lowest BCUT2D eigenvalue weighted by Crippen LogP contribution is -3.11. The van der Waals surface area contributed by atoms with Gasteiger partial charge in [-0.1, -0.05) is 48.5 Å². The lowest BCUT2D eigenvalue weighted by atomic mass is 10.00. The van der Waals surface area contributed by atoms with Gasteiger partial charge in [0.05, 0.1) is 17.5 Å². The van der Waals surface area contributed by atoms with Crippen LogP contribution in [0.2, 0.25) is 0 Å². The topological polar surface area (TPSA) is 33.5 Å². The Labute approximate surface area is 158 Å². The summed E-state index contributed by atoms with van der Waals surface area (Å²) in [6, 6.07) is 19.5. The molecule has 1 aliphatic rings. The summed E-state index contributed by atoms with van der Waals surface area (Å²) in [6.45, 7) is 3.71. The van der Waals surface area contributed by atoms with Gasteiger partial charge in [0.1, 0.15) is 6.04 Å². The van der Waals surface area contributed by atoms with E-state index in [4.69, 9.17) is 0 Å². The predicted molar refractivity (Wildman–Crippen MR) is 107 cm³/mol. The quantitative estimate of drug-likeness (QED) is 0.713. The van der Waals surface area contributed by atoms with E-state index in [1.165, 1.54) is 39.0 Å². The second-order valence-corrected chi connectivity index (χ2v) is 8.13. The van der Waals surface area contributed by atoms with Crippen molar-refractivity contribution in [2.75, 3.05) is 13.1 Å². The molecular formula is C22H25N2OS+. The summed E-state index contributed by atoms with van der Waals surface area (Å²) in [4.78, 5) is 15.5. The molecule has 26 heavy (non-hydrogen) atoms. The van der Waals surface area contributed by atoms with Crippen molar-refractivity contribution >= 4 is 28.0 Å². The minimum Gasteiger partial charge on any atom is -0.345 e. The molecule has 134 valence electrons. The van der Waals surface area contributed by atoms with E-state index in [1.54, 1.807) is 0 Å². The third-order valence-electron chi connectivity index (χ3n) is 5.43. The van der Waals surface area contributed by atoms with E-state index in [-0.39, 0.29) is 11.9 Å². The zero-order chi connectivity index (χ0) is 17.9. The van der Waals surface area contributed by atoms with Crippen molar-refractivity contribution in [1.29, 1.82) is 0 Å². The molecule has 0 bridgehead atoms. The second kappa shape index (κ2) is 7.60. The Kier molecular flexibility index (Phi) is 5.05. The minimum absolute atomic E-state index is 0.00999. The molecule has 0 radical (unpaired) electrons.